The summed E-state index contributed by atoms with van der Waals surface area (Å²) in [6, 6.07) is 7.77. The van der Waals surface area contributed by atoms with Gasteiger partial charge in [0.05, 0.1) is 20.8 Å². The van der Waals surface area contributed by atoms with Crippen LogP contribution < -0.4 is 19.5 Å². The number of nitrogens with one attached hydrogen (secondary N) is 1. The summed E-state index contributed by atoms with van der Waals surface area (Å²) in [5.74, 6) is 1.53. The third kappa shape index (κ3) is 5.25. The molecular formula is C20H26N4O4. The molecule has 1 fully saturated rings. The van der Waals surface area contributed by atoms with Gasteiger partial charge in [-0.05, 0) is 37.0 Å². The van der Waals surface area contributed by atoms with Gasteiger partial charge in [0.25, 0.3) is 11.8 Å². The lowest BCUT2D eigenvalue weighted by molar-refractivity contribution is 0.0945. The molecule has 3 rings (SSSR count). The molecule has 8 nitrogen and oxygen atoms in total. The van der Waals surface area contributed by atoms with Crippen molar-refractivity contribution in [1.29, 1.82) is 0 Å². The Balaban J connectivity index is 1.47. The zero-order chi connectivity index (χ0) is 19.8. The third-order valence-electron chi connectivity index (χ3n) is 4.62. The van der Waals surface area contributed by atoms with Crippen LogP contribution in [-0.4, -0.2) is 60.9 Å². The average Bonchev–Trinajstić information content (AvgIpc) is 2.75. The van der Waals surface area contributed by atoms with Gasteiger partial charge >= 0.3 is 6.03 Å². The van der Waals surface area contributed by atoms with Crippen LogP contribution in [0.4, 0.5) is 4.79 Å². The predicted molar refractivity (Wildman–Crippen MR) is 104 cm³/mol. The van der Waals surface area contributed by atoms with Gasteiger partial charge in [0.2, 0.25) is 0 Å². The van der Waals surface area contributed by atoms with Crippen LogP contribution in [0.3, 0.4) is 0 Å². The molecule has 1 saturated heterocycles. The van der Waals surface area contributed by atoms with Crippen molar-refractivity contribution in [2.75, 3.05) is 33.9 Å². The van der Waals surface area contributed by atoms with Gasteiger partial charge in [-0.25, -0.2) is 14.8 Å². The van der Waals surface area contributed by atoms with E-state index in [-0.39, 0.29) is 12.1 Å². The van der Waals surface area contributed by atoms with Crippen LogP contribution in [0.25, 0.3) is 0 Å². The van der Waals surface area contributed by atoms with E-state index in [2.05, 4.69) is 15.3 Å². The third-order valence-corrected chi connectivity index (χ3v) is 4.62. The Morgan fingerprint density at radius 3 is 2.61 bits per heavy atom. The van der Waals surface area contributed by atoms with Crippen molar-refractivity contribution in [2.24, 2.45) is 0 Å². The molecule has 150 valence electrons. The topological polar surface area (TPSA) is 85.8 Å². The van der Waals surface area contributed by atoms with Crippen molar-refractivity contribution in [3.8, 4) is 17.5 Å². The normalized spacial score (nSPS) is 16.4. The zero-order valence-electron chi connectivity index (χ0n) is 16.3. The summed E-state index contributed by atoms with van der Waals surface area (Å²) in [7, 11) is 3.17. The highest BCUT2D eigenvalue weighted by Gasteiger charge is 2.26. The number of carbonyl (C=O) groups excluding carboxylic acids is 1. The fourth-order valence-electron chi connectivity index (χ4n) is 3.13. The first-order valence-corrected chi connectivity index (χ1v) is 9.37. The number of piperidine rings is 1. The number of amides is 2. The minimum atomic E-state index is -0.133. The Kier molecular flexibility index (Phi) is 6.89. The molecule has 0 aliphatic carbocycles. The first-order chi connectivity index (χ1) is 13.7. The van der Waals surface area contributed by atoms with E-state index in [0.717, 1.165) is 30.6 Å². The van der Waals surface area contributed by atoms with Gasteiger partial charge < -0.3 is 24.4 Å². The molecule has 0 bridgehead atoms. The zero-order valence-corrected chi connectivity index (χ0v) is 16.3. The molecule has 0 saturated carbocycles. The van der Waals surface area contributed by atoms with Gasteiger partial charge in [0, 0.05) is 25.5 Å². The highest BCUT2D eigenvalue weighted by molar-refractivity contribution is 5.74. The number of rotatable bonds is 7. The lowest BCUT2D eigenvalue weighted by atomic mass is 10.1. The number of benzene rings is 1. The number of hydrogen-bond donors (Lipinski definition) is 1. The number of hydrogen-bond acceptors (Lipinski definition) is 6. The van der Waals surface area contributed by atoms with Gasteiger partial charge in [-0.15, -0.1) is 0 Å². The minimum Gasteiger partial charge on any atom is -0.497 e. The minimum absolute atomic E-state index is 0.0760. The van der Waals surface area contributed by atoms with Gasteiger partial charge in [-0.2, -0.15) is 0 Å². The first-order valence-electron chi connectivity index (χ1n) is 9.37. The molecule has 1 aromatic heterocycles. The number of nitrogens with zero attached hydrogens (tertiary/aromatic N) is 3. The highest BCUT2D eigenvalue weighted by Crippen LogP contribution is 2.23. The second-order valence-electron chi connectivity index (χ2n) is 6.53. The Hall–Kier alpha value is -3.03. The standard InChI is InChI=1S/C20H26N4O4/c1-26-16-7-5-15(6-8-16)9-10-23-20(25)24-13-3-4-17(14-24)28-19-18(27-2)21-11-12-22-19/h5-8,11-12,17H,3-4,9-10,13-14H2,1-2H3,(H,23,25). The largest absolute Gasteiger partial charge is 0.497 e. The van der Waals surface area contributed by atoms with Crippen LogP contribution in [0.15, 0.2) is 36.7 Å². The van der Waals surface area contributed by atoms with Crippen LogP contribution in [0, 0.1) is 0 Å². The molecule has 0 radical (unpaired) electrons. The Labute approximate surface area is 164 Å². The molecule has 0 spiro atoms. The summed E-state index contributed by atoms with van der Waals surface area (Å²) >= 11 is 0. The SMILES string of the molecule is COc1ccc(CCNC(=O)N2CCCC(Oc3nccnc3OC)C2)cc1. The molecule has 2 heterocycles. The van der Waals surface area contributed by atoms with E-state index in [1.54, 1.807) is 24.4 Å². The van der Waals surface area contributed by atoms with Gasteiger partial charge in [0.1, 0.15) is 11.9 Å². The highest BCUT2D eigenvalue weighted by atomic mass is 16.5. The van der Waals surface area contributed by atoms with Crippen LogP contribution in [0.1, 0.15) is 18.4 Å². The van der Waals surface area contributed by atoms with Crippen molar-refractivity contribution >= 4 is 6.03 Å². The Morgan fingerprint density at radius 2 is 1.89 bits per heavy atom. The second kappa shape index (κ2) is 9.77. The average molecular weight is 386 g/mol. The van der Waals surface area contributed by atoms with Crippen LogP contribution in [0.2, 0.25) is 0 Å². The van der Waals surface area contributed by atoms with E-state index in [9.17, 15) is 4.79 Å². The molecule has 1 aliphatic rings. The summed E-state index contributed by atoms with van der Waals surface area (Å²) < 4.78 is 16.2. The van der Waals surface area contributed by atoms with E-state index in [1.807, 2.05) is 24.3 Å². The van der Waals surface area contributed by atoms with Gasteiger partial charge in [-0.3, -0.25) is 0 Å². The molecule has 1 N–H and O–H groups in total. The number of carbonyl (C=O) groups is 1. The molecule has 2 amide bonds. The lowest BCUT2D eigenvalue weighted by Gasteiger charge is -2.32. The van der Waals surface area contributed by atoms with Crippen LogP contribution >= 0.6 is 0 Å². The summed E-state index contributed by atoms with van der Waals surface area (Å²) in [5.41, 5.74) is 1.15. The second-order valence-corrected chi connectivity index (χ2v) is 6.53. The van der Waals surface area contributed by atoms with Crippen LogP contribution in [0.5, 0.6) is 17.5 Å². The molecule has 1 atom stereocenters. The van der Waals surface area contributed by atoms with Crippen LogP contribution in [-0.2, 0) is 6.42 Å². The molecular weight excluding hydrogens is 360 g/mol. The fraction of sp³-hybridized carbons (Fsp3) is 0.450. The number of ether oxygens (including phenoxy) is 3. The van der Waals surface area contributed by atoms with E-state index in [1.165, 1.54) is 7.11 Å². The number of likely N-dealkylation sites (tertiary alicyclic amines) is 1. The summed E-state index contributed by atoms with van der Waals surface area (Å²) in [5, 5.41) is 2.98. The smallest absolute Gasteiger partial charge is 0.317 e. The van der Waals surface area contributed by atoms with Crippen molar-refractivity contribution in [1.82, 2.24) is 20.2 Å². The number of aromatic nitrogens is 2. The summed E-state index contributed by atoms with van der Waals surface area (Å²) in [6.45, 7) is 1.80. The molecule has 2 aromatic rings. The maximum absolute atomic E-state index is 12.5. The van der Waals surface area contributed by atoms with Crippen molar-refractivity contribution in [3.63, 3.8) is 0 Å². The number of methoxy groups -OCH3 is 2. The molecule has 28 heavy (non-hydrogen) atoms. The van der Waals surface area contributed by atoms with Crippen molar-refractivity contribution in [2.45, 2.75) is 25.4 Å². The number of urea groups is 1. The molecule has 1 unspecified atom stereocenters. The fourth-order valence-corrected chi connectivity index (χ4v) is 3.13. The quantitative estimate of drug-likeness (QED) is 0.786. The van der Waals surface area contributed by atoms with E-state index < -0.39 is 0 Å². The molecule has 1 aromatic carbocycles. The first kappa shape index (κ1) is 19.7. The van der Waals surface area contributed by atoms with Gasteiger partial charge in [0.15, 0.2) is 0 Å². The monoisotopic (exact) mass is 386 g/mol. The van der Waals surface area contributed by atoms with E-state index in [0.29, 0.717) is 31.4 Å². The van der Waals surface area contributed by atoms with E-state index >= 15 is 0 Å². The summed E-state index contributed by atoms with van der Waals surface area (Å²) in [4.78, 5) is 22.5. The molecule has 1 aliphatic heterocycles. The Morgan fingerprint density at radius 1 is 1.14 bits per heavy atom. The predicted octanol–water partition coefficient (Wildman–Crippen LogP) is 2.29. The van der Waals surface area contributed by atoms with Gasteiger partial charge in [-0.1, -0.05) is 12.1 Å². The Bertz CT molecular complexity index is 769. The molecule has 8 heteroatoms. The maximum Gasteiger partial charge on any atom is 0.317 e. The van der Waals surface area contributed by atoms with E-state index in [4.69, 9.17) is 14.2 Å². The van der Waals surface area contributed by atoms with Crippen molar-refractivity contribution in [3.05, 3.63) is 42.2 Å². The lowest BCUT2D eigenvalue weighted by Crippen LogP contribution is -2.49. The summed E-state index contributed by atoms with van der Waals surface area (Å²) in [6.07, 6.45) is 5.47. The van der Waals surface area contributed by atoms with Crippen molar-refractivity contribution < 1.29 is 19.0 Å². The maximum atomic E-state index is 12.5.